The molecule has 238 valence electrons. The molecule has 0 saturated carbocycles. The van der Waals surface area contributed by atoms with Gasteiger partial charge in [0.2, 0.25) is 24.1 Å². The maximum atomic E-state index is 14.8. The fourth-order valence-corrected chi connectivity index (χ4v) is 6.99. The van der Waals surface area contributed by atoms with Crippen LogP contribution in [0, 0.1) is 11.8 Å². The number of ether oxygens (including phenoxy) is 7. The van der Waals surface area contributed by atoms with Crippen LogP contribution in [0.4, 0.5) is 0 Å². The van der Waals surface area contributed by atoms with Gasteiger partial charge in [-0.25, -0.2) is 9.59 Å². The number of ketones is 1. The maximum absolute atomic E-state index is 14.8. The molecule has 11 nitrogen and oxygen atoms in total. The van der Waals surface area contributed by atoms with Gasteiger partial charge in [0.05, 0.1) is 19.8 Å². The smallest absolute Gasteiger partial charge is 0.338 e. The molecule has 6 atom stereocenters. The standard InChI is InChI=1S/C34H36O11/c1-7-17(2)31(36)44-25-18(3)33(4,38)30(45-32(37)19-11-9-8-10-12-19)21-14-22(39-5)27(40-6)29(35)34(21)15-41-28-24(34)20(25)13-23-26(28)43-16-42-23/h7-13,18,21,25,30,38H,14-16H2,1-6H3/b17-7+/t18-,21-,25+,30-,33-,34-/m0/s1. The largest absolute Gasteiger partial charge is 0.497 e. The van der Waals surface area contributed by atoms with Crippen LogP contribution in [0.25, 0.3) is 0 Å². The summed E-state index contributed by atoms with van der Waals surface area (Å²) in [6.45, 7) is 6.30. The lowest BCUT2D eigenvalue weighted by atomic mass is 9.55. The zero-order valence-electron chi connectivity index (χ0n) is 26.0. The molecular formula is C34H36O11. The first-order valence-electron chi connectivity index (χ1n) is 14.8. The lowest BCUT2D eigenvalue weighted by molar-refractivity contribution is -0.181. The quantitative estimate of drug-likeness (QED) is 0.365. The van der Waals surface area contributed by atoms with E-state index in [2.05, 4.69) is 0 Å². The van der Waals surface area contributed by atoms with Gasteiger partial charge in [-0.1, -0.05) is 31.2 Å². The fourth-order valence-electron chi connectivity index (χ4n) is 6.99. The highest BCUT2D eigenvalue weighted by Crippen LogP contribution is 2.63. The van der Waals surface area contributed by atoms with Crippen molar-refractivity contribution in [3.8, 4) is 17.2 Å². The van der Waals surface area contributed by atoms with E-state index in [1.165, 1.54) is 21.1 Å². The van der Waals surface area contributed by atoms with Crippen LogP contribution in [-0.2, 0) is 34.0 Å². The first-order valence-corrected chi connectivity index (χ1v) is 14.8. The number of Topliss-reactive ketones (excluding diaryl/α,β-unsaturated/α-hetero) is 1. The van der Waals surface area contributed by atoms with Gasteiger partial charge in [-0.2, -0.15) is 0 Å². The third-order valence-electron chi connectivity index (χ3n) is 9.75. The molecule has 45 heavy (non-hydrogen) atoms. The van der Waals surface area contributed by atoms with E-state index >= 15 is 0 Å². The lowest BCUT2D eigenvalue weighted by Crippen LogP contribution is -2.63. The molecule has 0 saturated heterocycles. The maximum Gasteiger partial charge on any atom is 0.338 e. The van der Waals surface area contributed by atoms with Crippen LogP contribution in [0.1, 0.15) is 61.7 Å². The predicted octanol–water partition coefficient (Wildman–Crippen LogP) is 4.32. The second kappa shape index (κ2) is 11.1. The van der Waals surface area contributed by atoms with E-state index in [0.29, 0.717) is 28.2 Å². The highest BCUT2D eigenvalue weighted by molar-refractivity contribution is 6.06. The van der Waals surface area contributed by atoms with Gasteiger partial charge in [-0.05, 0) is 39.0 Å². The van der Waals surface area contributed by atoms with E-state index in [1.807, 2.05) is 0 Å². The summed E-state index contributed by atoms with van der Waals surface area (Å²) in [6, 6.07) is 10.1. The molecule has 2 aromatic rings. The van der Waals surface area contributed by atoms with Crippen molar-refractivity contribution >= 4 is 17.7 Å². The van der Waals surface area contributed by atoms with Gasteiger partial charge >= 0.3 is 11.9 Å². The summed E-state index contributed by atoms with van der Waals surface area (Å²) in [7, 11) is 2.80. The van der Waals surface area contributed by atoms with E-state index < -0.39 is 52.8 Å². The Morgan fingerprint density at radius 2 is 1.78 bits per heavy atom. The molecule has 1 N–H and O–H groups in total. The number of carbonyl (C=O) groups excluding carboxylic acids is 3. The Bertz CT molecular complexity index is 1620. The lowest BCUT2D eigenvalue weighted by Gasteiger charge is -2.51. The van der Waals surface area contributed by atoms with Crippen molar-refractivity contribution in [3.63, 3.8) is 0 Å². The van der Waals surface area contributed by atoms with Gasteiger partial charge in [-0.15, -0.1) is 0 Å². The van der Waals surface area contributed by atoms with Crippen LogP contribution in [0.3, 0.4) is 0 Å². The van der Waals surface area contributed by atoms with Crippen molar-refractivity contribution in [1.29, 1.82) is 0 Å². The Balaban J connectivity index is 1.65. The van der Waals surface area contributed by atoms with E-state index in [4.69, 9.17) is 33.2 Å². The normalized spacial score (nSPS) is 29.9. The first-order chi connectivity index (χ1) is 21.5. The molecule has 0 unspecified atom stereocenters. The summed E-state index contributed by atoms with van der Waals surface area (Å²) in [6.07, 6.45) is -0.769. The van der Waals surface area contributed by atoms with Crippen molar-refractivity contribution in [2.45, 2.75) is 57.3 Å². The molecule has 2 aromatic carbocycles. The van der Waals surface area contributed by atoms with Crippen molar-refractivity contribution in [2.24, 2.45) is 11.8 Å². The van der Waals surface area contributed by atoms with E-state index in [9.17, 15) is 19.5 Å². The Hall–Kier alpha value is -4.51. The second-order valence-electron chi connectivity index (χ2n) is 12.0. The molecule has 0 bridgehead atoms. The Kier molecular flexibility index (Phi) is 7.55. The highest BCUT2D eigenvalue weighted by Gasteiger charge is 2.67. The number of esters is 2. The number of hydrogen-bond acceptors (Lipinski definition) is 11. The van der Waals surface area contributed by atoms with Crippen molar-refractivity contribution in [2.75, 3.05) is 27.6 Å². The van der Waals surface area contributed by atoms with Gasteiger partial charge in [0.25, 0.3) is 0 Å². The molecule has 11 heteroatoms. The number of benzene rings is 2. The van der Waals surface area contributed by atoms with E-state index in [0.717, 1.165) is 0 Å². The van der Waals surface area contributed by atoms with Crippen LogP contribution in [0.15, 0.2) is 59.6 Å². The number of methoxy groups -OCH3 is 2. The topological polar surface area (TPSA) is 136 Å². The third-order valence-corrected chi connectivity index (χ3v) is 9.75. The first kappa shape index (κ1) is 30.5. The van der Waals surface area contributed by atoms with Crippen LogP contribution < -0.4 is 14.2 Å². The number of allylic oxidation sites excluding steroid dienone is 3. The molecule has 6 rings (SSSR count). The summed E-state index contributed by atoms with van der Waals surface area (Å²) in [5.41, 5.74) is -1.99. The summed E-state index contributed by atoms with van der Waals surface area (Å²) in [5.74, 6) is -2.44. The summed E-state index contributed by atoms with van der Waals surface area (Å²) in [5, 5.41) is 12.6. The Labute approximate surface area is 260 Å². The van der Waals surface area contributed by atoms with Crippen LogP contribution in [0.2, 0.25) is 0 Å². The minimum absolute atomic E-state index is 0.0199. The number of fused-ring (bicyclic) bond motifs is 2. The monoisotopic (exact) mass is 620 g/mol. The molecule has 0 radical (unpaired) electrons. The molecule has 2 aliphatic heterocycles. The molecule has 2 heterocycles. The molecule has 0 amide bonds. The van der Waals surface area contributed by atoms with Crippen molar-refractivity contribution in [3.05, 3.63) is 76.3 Å². The summed E-state index contributed by atoms with van der Waals surface area (Å²) >= 11 is 0. The number of hydrogen-bond donors (Lipinski definition) is 1. The minimum Gasteiger partial charge on any atom is -0.497 e. The van der Waals surface area contributed by atoms with Gasteiger partial charge < -0.3 is 38.3 Å². The zero-order chi connectivity index (χ0) is 32.3. The minimum atomic E-state index is -1.86. The molecule has 0 aromatic heterocycles. The van der Waals surface area contributed by atoms with E-state index in [-0.39, 0.29) is 42.7 Å². The van der Waals surface area contributed by atoms with Crippen LogP contribution in [-0.4, -0.2) is 62.2 Å². The zero-order valence-corrected chi connectivity index (χ0v) is 26.0. The van der Waals surface area contributed by atoms with Crippen molar-refractivity contribution < 1.29 is 52.6 Å². The molecule has 1 spiro atoms. The second-order valence-corrected chi connectivity index (χ2v) is 12.0. The molecule has 0 fully saturated rings. The van der Waals surface area contributed by atoms with Crippen LogP contribution >= 0.6 is 0 Å². The van der Waals surface area contributed by atoms with Crippen LogP contribution in [0.5, 0.6) is 17.2 Å². The van der Waals surface area contributed by atoms with Gasteiger partial charge in [-0.3, -0.25) is 4.79 Å². The Morgan fingerprint density at radius 3 is 2.44 bits per heavy atom. The Morgan fingerprint density at radius 1 is 1.04 bits per heavy atom. The number of aliphatic hydroxyl groups is 1. The predicted molar refractivity (Wildman–Crippen MR) is 158 cm³/mol. The molecular weight excluding hydrogens is 584 g/mol. The third kappa shape index (κ3) is 4.47. The van der Waals surface area contributed by atoms with E-state index in [1.54, 1.807) is 63.2 Å². The molecule has 4 aliphatic rings. The van der Waals surface area contributed by atoms with Gasteiger partial charge in [0, 0.05) is 35.0 Å². The average Bonchev–Trinajstić information content (AvgIpc) is 3.68. The fraction of sp³-hybridized carbons (Fsp3) is 0.441. The number of carbonyl (C=O) groups is 3. The van der Waals surface area contributed by atoms with Crippen molar-refractivity contribution in [1.82, 2.24) is 0 Å². The molecule has 2 aliphatic carbocycles. The number of rotatable bonds is 6. The SMILES string of the molecule is C/C=C(\C)C(=O)O[C@H]1c2cc3c(c4c2[C@@]2(CO4)C(=O)C(OC)=C(OC)C[C@H]2[C@H](OC(=O)c2ccccc2)[C@@](C)(O)[C@H]1C)OCO3. The average molecular weight is 621 g/mol. The summed E-state index contributed by atoms with van der Waals surface area (Å²) < 4.78 is 41.5. The highest BCUT2D eigenvalue weighted by atomic mass is 16.7. The summed E-state index contributed by atoms with van der Waals surface area (Å²) in [4.78, 5) is 41.8. The van der Waals surface area contributed by atoms with Gasteiger partial charge in [0.1, 0.15) is 35.6 Å². The van der Waals surface area contributed by atoms with Gasteiger partial charge in [0.15, 0.2) is 11.5 Å².